The first kappa shape index (κ1) is 8.45. The Hall–Kier alpha value is -1.15. The van der Waals surface area contributed by atoms with Gasteiger partial charge in [-0.25, -0.2) is 4.39 Å². The van der Waals surface area contributed by atoms with Crippen molar-refractivity contribution < 1.29 is 4.39 Å². The molecule has 0 saturated carbocycles. The summed E-state index contributed by atoms with van der Waals surface area (Å²) < 4.78 is 13.2. The van der Waals surface area contributed by atoms with Gasteiger partial charge in [0.2, 0.25) is 0 Å². The molecule has 0 spiro atoms. The number of fused-ring (bicyclic) bond motifs is 1. The van der Waals surface area contributed by atoms with E-state index >= 15 is 0 Å². The van der Waals surface area contributed by atoms with Gasteiger partial charge in [0.1, 0.15) is 5.82 Å². The van der Waals surface area contributed by atoms with Crippen LogP contribution < -0.4 is 5.73 Å². The highest BCUT2D eigenvalue weighted by Crippen LogP contribution is 2.25. The molecule has 0 amide bonds. The van der Waals surface area contributed by atoms with Crippen molar-refractivity contribution in [3.63, 3.8) is 0 Å². The highest BCUT2D eigenvalue weighted by molar-refractivity contribution is 5.60. The van der Waals surface area contributed by atoms with Crippen molar-refractivity contribution in [3.05, 3.63) is 40.7 Å². The normalized spacial score (nSPS) is 15.1. The van der Waals surface area contributed by atoms with Gasteiger partial charge in [0, 0.05) is 6.54 Å². The SMILES string of the molecule is NCC1=Cc2cccc(F)c2CC1. The summed E-state index contributed by atoms with van der Waals surface area (Å²) in [5.74, 6) is -0.0928. The van der Waals surface area contributed by atoms with Crippen LogP contribution in [0.5, 0.6) is 0 Å². The molecule has 1 nitrogen and oxygen atoms in total. The summed E-state index contributed by atoms with van der Waals surface area (Å²) in [6, 6.07) is 5.19. The van der Waals surface area contributed by atoms with Gasteiger partial charge in [0.05, 0.1) is 0 Å². The van der Waals surface area contributed by atoms with Crippen molar-refractivity contribution >= 4 is 6.08 Å². The molecule has 2 N–H and O–H groups in total. The summed E-state index contributed by atoms with van der Waals surface area (Å²) in [6.07, 6.45) is 3.68. The molecular weight excluding hydrogens is 165 g/mol. The lowest BCUT2D eigenvalue weighted by atomic mass is 9.92. The lowest BCUT2D eigenvalue weighted by Crippen LogP contribution is -2.09. The first-order chi connectivity index (χ1) is 6.31. The smallest absolute Gasteiger partial charge is 0.127 e. The molecule has 0 heterocycles. The van der Waals surface area contributed by atoms with Gasteiger partial charge in [-0.3, -0.25) is 0 Å². The third-order valence-electron chi connectivity index (χ3n) is 2.47. The van der Waals surface area contributed by atoms with Crippen LogP contribution in [-0.4, -0.2) is 6.54 Å². The summed E-state index contributed by atoms with van der Waals surface area (Å²) in [5.41, 5.74) is 8.57. The summed E-state index contributed by atoms with van der Waals surface area (Å²) in [4.78, 5) is 0. The van der Waals surface area contributed by atoms with Gasteiger partial charge in [-0.05, 0) is 30.0 Å². The van der Waals surface area contributed by atoms with Gasteiger partial charge in [-0.2, -0.15) is 0 Å². The minimum absolute atomic E-state index is 0.0928. The topological polar surface area (TPSA) is 26.0 Å². The van der Waals surface area contributed by atoms with E-state index in [1.807, 2.05) is 12.1 Å². The molecule has 1 aromatic carbocycles. The highest BCUT2D eigenvalue weighted by Gasteiger charge is 2.12. The highest BCUT2D eigenvalue weighted by atomic mass is 19.1. The number of benzene rings is 1. The van der Waals surface area contributed by atoms with Crippen molar-refractivity contribution in [1.29, 1.82) is 0 Å². The standard InChI is InChI=1S/C11H12FN/c12-11-3-1-2-9-6-8(7-13)4-5-10(9)11/h1-3,6H,4-5,7,13H2. The van der Waals surface area contributed by atoms with Crippen LogP contribution in [0.25, 0.3) is 6.08 Å². The van der Waals surface area contributed by atoms with Crippen LogP contribution >= 0.6 is 0 Å². The number of nitrogens with two attached hydrogens (primary N) is 1. The van der Waals surface area contributed by atoms with Crippen LogP contribution in [0.3, 0.4) is 0 Å². The molecule has 0 radical (unpaired) electrons. The van der Waals surface area contributed by atoms with E-state index in [4.69, 9.17) is 5.73 Å². The van der Waals surface area contributed by atoms with E-state index < -0.39 is 0 Å². The quantitative estimate of drug-likeness (QED) is 0.698. The molecular formula is C11H12FN. The Morgan fingerprint density at radius 2 is 2.15 bits per heavy atom. The first-order valence-corrected chi connectivity index (χ1v) is 4.48. The largest absolute Gasteiger partial charge is 0.327 e. The summed E-state index contributed by atoms with van der Waals surface area (Å²) >= 11 is 0. The summed E-state index contributed by atoms with van der Waals surface area (Å²) in [6.45, 7) is 0.579. The van der Waals surface area contributed by atoms with E-state index in [9.17, 15) is 4.39 Å². The zero-order valence-corrected chi connectivity index (χ0v) is 7.39. The fourth-order valence-corrected chi connectivity index (χ4v) is 1.71. The Labute approximate surface area is 77.1 Å². The third kappa shape index (κ3) is 1.49. The molecule has 0 bridgehead atoms. The number of halogens is 1. The molecule has 68 valence electrons. The van der Waals surface area contributed by atoms with E-state index in [0.29, 0.717) is 6.54 Å². The minimum atomic E-state index is -0.0928. The Bertz CT molecular complexity index is 355. The Balaban J connectivity index is 2.47. The predicted molar refractivity (Wildman–Crippen MR) is 51.8 cm³/mol. The second-order valence-electron chi connectivity index (χ2n) is 3.31. The van der Waals surface area contributed by atoms with Gasteiger partial charge in [0.15, 0.2) is 0 Å². The van der Waals surface area contributed by atoms with Gasteiger partial charge in [0.25, 0.3) is 0 Å². The van der Waals surface area contributed by atoms with E-state index in [1.54, 1.807) is 6.07 Å². The van der Waals surface area contributed by atoms with Gasteiger partial charge in [-0.15, -0.1) is 0 Å². The molecule has 0 aliphatic heterocycles. The summed E-state index contributed by atoms with van der Waals surface area (Å²) in [5, 5.41) is 0. The second kappa shape index (κ2) is 3.30. The van der Waals surface area contributed by atoms with Gasteiger partial charge in [-0.1, -0.05) is 23.8 Å². The lowest BCUT2D eigenvalue weighted by Gasteiger charge is -2.15. The van der Waals surface area contributed by atoms with Crippen LogP contribution in [0.4, 0.5) is 4.39 Å². The zero-order valence-electron chi connectivity index (χ0n) is 7.39. The maximum atomic E-state index is 13.2. The van der Waals surface area contributed by atoms with Crippen LogP contribution in [0, 0.1) is 5.82 Å². The molecule has 0 atom stereocenters. The number of rotatable bonds is 1. The molecule has 1 aliphatic rings. The molecule has 1 aliphatic carbocycles. The molecule has 0 aromatic heterocycles. The average molecular weight is 177 g/mol. The van der Waals surface area contributed by atoms with Crippen LogP contribution in [-0.2, 0) is 6.42 Å². The van der Waals surface area contributed by atoms with Gasteiger partial charge < -0.3 is 5.73 Å². The predicted octanol–water partition coefficient (Wildman–Crippen LogP) is 2.11. The van der Waals surface area contributed by atoms with Crippen molar-refractivity contribution in [1.82, 2.24) is 0 Å². The lowest BCUT2D eigenvalue weighted by molar-refractivity contribution is 0.606. The van der Waals surface area contributed by atoms with Crippen molar-refractivity contribution in [2.45, 2.75) is 12.8 Å². The fraction of sp³-hybridized carbons (Fsp3) is 0.273. The van der Waals surface area contributed by atoms with Gasteiger partial charge >= 0.3 is 0 Å². The molecule has 2 rings (SSSR count). The molecule has 13 heavy (non-hydrogen) atoms. The molecule has 2 heteroatoms. The van der Waals surface area contributed by atoms with E-state index in [-0.39, 0.29) is 5.82 Å². The summed E-state index contributed by atoms with van der Waals surface area (Å²) in [7, 11) is 0. The Morgan fingerprint density at radius 1 is 1.31 bits per heavy atom. The molecule has 0 fully saturated rings. The molecule has 0 unspecified atom stereocenters. The third-order valence-corrected chi connectivity index (χ3v) is 2.47. The molecule has 0 saturated heterocycles. The fourth-order valence-electron chi connectivity index (χ4n) is 1.71. The first-order valence-electron chi connectivity index (χ1n) is 4.48. The van der Waals surface area contributed by atoms with Crippen LogP contribution in [0.2, 0.25) is 0 Å². The van der Waals surface area contributed by atoms with Crippen LogP contribution in [0.1, 0.15) is 17.5 Å². The maximum Gasteiger partial charge on any atom is 0.127 e. The number of hydrogen-bond donors (Lipinski definition) is 1. The Morgan fingerprint density at radius 3 is 2.92 bits per heavy atom. The average Bonchev–Trinajstić information content (AvgIpc) is 2.18. The Kier molecular flexibility index (Phi) is 2.15. The van der Waals surface area contributed by atoms with Crippen molar-refractivity contribution in [2.75, 3.05) is 6.54 Å². The monoisotopic (exact) mass is 177 g/mol. The second-order valence-corrected chi connectivity index (χ2v) is 3.31. The van der Waals surface area contributed by atoms with Crippen LogP contribution in [0.15, 0.2) is 23.8 Å². The minimum Gasteiger partial charge on any atom is -0.327 e. The van der Waals surface area contributed by atoms with E-state index in [0.717, 1.165) is 24.0 Å². The van der Waals surface area contributed by atoms with Crippen molar-refractivity contribution in [2.24, 2.45) is 5.73 Å². The van der Waals surface area contributed by atoms with E-state index in [1.165, 1.54) is 11.6 Å². The maximum absolute atomic E-state index is 13.2. The van der Waals surface area contributed by atoms with Crippen molar-refractivity contribution in [3.8, 4) is 0 Å². The number of hydrogen-bond acceptors (Lipinski definition) is 1. The zero-order chi connectivity index (χ0) is 9.26. The molecule has 1 aromatic rings. The van der Waals surface area contributed by atoms with E-state index in [2.05, 4.69) is 0 Å².